The third kappa shape index (κ3) is 2.12. The number of fused-ring (bicyclic) bond motifs is 6. The lowest BCUT2D eigenvalue weighted by molar-refractivity contribution is -0.175. The first-order valence-electron chi connectivity index (χ1n) is 10.2. The largest absolute Gasteiger partial charge is 0.469 e. The van der Waals surface area contributed by atoms with Crippen molar-refractivity contribution in [3.8, 4) is 0 Å². The summed E-state index contributed by atoms with van der Waals surface area (Å²) in [5.41, 5.74) is 4.01. The SMILES string of the molecule is COC(=O)C1(C)[C@@H]2CCc3cc4[nH]c5ccccc5c4cc3C2(C)CC[C@@H]1O. The van der Waals surface area contributed by atoms with E-state index in [1.807, 2.05) is 6.92 Å². The normalized spacial score (nSPS) is 32.1. The topological polar surface area (TPSA) is 62.3 Å². The summed E-state index contributed by atoms with van der Waals surface area (Å²) in [4.78, 5) is 16.3. The Morgan fingerprint density at radius 3 is 2.71 bits per heavy atom. The van der Waals surface area contributed by atoms with Crippen LogP contribution in [0.4, 0.5) is 0 Å². The first kappa shape index (κ1) is 17.7. The number of aliphatic hydroxyl groups excluding tert-OH is 1. The highest BCUT2D eigenvalue weighted by molar-refractivity contribution is 6.07. The number of nitrogens with one attached hydrogen (secondary N) is 1. The van der Waals surface area contributed by atoms with Crippen LogP contribution in [0.2, 0.25) is 0 Å². The molecule has 3 aromatic rings. The molecule has 1 heterocycles. The maximum absolute atomic E-state index is 12.8. The predicted molar refractivity (Wildman–Crippen MR) is 110 cm³/mol. The lowest BCUT2D eigenvalue weighted by Crippen LogP contribution is -2.58. The van der Waals surface area contributed by atoms with Crippen molar-refractivity contribution in [2.75, 3.05) is 7.11 Å². The number of benzene rings is 2. The van der Waals surface area contributed by atoms with Gasteiger partial charge < -0.3 is 14.8 Å². The van der Waals surface area contributed by atoms with Crippen molar-refractivity contribution in [1.82, 2.24) is 4.98 Å². The van der Waals surface area contributed by atoms with Crippen molar-refractivity contribution in [2.24, 2.45) is 11.3 Å². The zero-order valence-corrected chi connectivity index (χ0v) is 16.7. The molecule has 2 aliphatic rings. The molecule has 0 amide bonds. The number of carbonyl (C=O) groups is 1. The Labute approximate surface area is 164 Å². The molecule has 0 spiro atoms. The number of H-pyrrole nitrogens is 1. The van der Waals surface area contributed by atoms with Crippen LogP contribution in [0.15, 0.2) is 36.4 Å². The van der Waals surface area contributed by atoms with Crippen molar-refractivity contribution >= 4 is 27.8 Å². The molecule has 28 heavy (non-hydrogen) atoms. The fraction of sp³-hybridized carbons (Fsp3) is 0.458. The number of aliphatic hydroxyl groups is 1. The van der Waals surface area contributed by atoms with E-state index in [1.54, 1.807) is 0 Å². The van der Waals surface area contributed by atoms with Gasteiger partial charge in [0.2, 0.25) is 0 Å². The molecule has 4 atom stereocenters. The van der Waals surface area contributed by atoms with Crippen LogP contribution >= 0.6 is 0 Å². The molecule has 0 bridgehead atoms. The summed E-state index contributed by atoms with van der Waals surface area (Å²) >= 11 is 0. The summed E-state index contributed by atoms with van der Waals surface area (Å²) in [5, 5.41) is 13.3. The first-order chi connectivity index (χ1) is 13.4. The molecule has 4 heteroatoms. The predicted octanol–water partition coefficient (Wildman–Crippen LogP) is 4.48. The number of carbonyl (C=O) groups excluding carboxylic acids is 1. The van der Waals surface area contributed by atoms with Gasteiger partial charge in [-0.15, -0.1) is 0 Å². The summed E-state index contributed by atoms with van der Waals surface area (Å²) in [6.45, 7) is 4.18. The second kappa shape index (κ2) is 5.84. The highest BCUT2D eigenvalue weighted by atomic mass is 16.5. The molecule has 4 nitrogen and oxygen atoms in total. The fourth-order valence-corrected chi connectivity index (χ4v) is 6.22. The van der Waals surface area contributed by atoms with Crippen molar-refractivity contribution in [1.29, 1.82) is 0 Å². The van der Waals surface area contributed by atoms with E-state index in [1.165, 1.54) is 34.5 Å². The Kier molecular flexibility index (Phi) is 3.70. The summed E-state index contributed by atoms with van der Waals surface area (Å²) in [6.07, 6.45) is 2.64. The standard InChI is InChI=1S/C24H27NO3/c1-23-11-10-21(26)24(2,22(27)28-3)20(23)9-8-14-12-19-16(13-17(14)23)15-6-4-5-7-18(15)25-19/h4-7,12-13,20-21,25-26H,8-11H2,1-3H3/t20-,21+,23?,24?/m1/s1. The summed E-state index contributed by atoms with van der Waals surface area (Å²) in [7, 11) is 1.43. The molecule has 0 saturated heterocycles. The van der Waals surface area contributed by atoms with Crippen molar-refractivity contribution in [2.45, 2.75) is 51.0 Å². The van der Waals surface area contributed by atoms with Crippen molar-refractivity contribution in [3.63, 3.8) is 0 Å². The number of para-hydroxylation sites is 1. The van der Waals surface area contributed by atoms with Gasteiger partial charge in [0.05, 0.1) is 18.6 Å². The third-order valence-corrected chi connectivity index (χ3v) is 7.80. The van der Waals surface area contributed by atoms with E-state index in [0.29, 0.717) is 6.42 Å². The highest BCUT2D eigenvalue weighted by Gasteiger charge is 2.59. The van der Waals surface area contributed by atoms with E-state index in [4.69, 9.17) is 4.74 Å². The van der Waals surface area contributed by atoms with Gasteiger partial charge in [-0.2, -0.15) is 0 Å². The van der Waals surface area contributed by atoms with Crippen LogP contribution in [0.25, 0.3) is 21.8 Å². The van der Waals surface area contributed by atoms with Gasteiger partial charge in [0.1, 0.15) is 0 Å². The van der Waals surface area contributed by atoms with Crippen LogP contribution in [-0.2, 0) is 21.4 Å². The molecular formula is C24H27NO3. The average Bonchev–Trinajstić information content (AvgIpc) is 3.06. The van der Waals surface area contributed by atoms with Crippen molar-refractivity contribution < 1.29 is 14.6 Å². The third-order valence-electron chi connectivity index (χ3n) is 7.80. The van der Waals surface area contributed by atoms with Crippen LogP contribution in [-0.4, -0.2) is 29.3 Å². The molecule has 2 aromatic carbocycles. The van der Waals surface area contributed by atoms with Gasteiger partial charge in [0.15, 0.2) is 0 Å². The Hall–Kier alpha value is -2.33. The van der Waals surface area contributed by atoms with Gasteiger partial charge in [-0.1, -0.05) is 25.1 Å². The first-order valence-corrected chi connectivity index (χ1v) is 10.2. The molecule has 0 radical (unpaired) electrons. The number of rotatable bonds is 1. The summed E-state index contributed by atoms with van der Waals surface area (Å²) in [6, 6.07) is 13.0. The van der Waals surface area contributed by atoms with E-state index in [2.05, 4.69) is 48.3 Å². The smallest absolute Gasteiger partial charge is 0.314 e. The Morgan fingerprint density at radius 1 is 1.14 bits per heavy atom. The lowest BCUT2D eigenvalue weighted by Gasteiger charge is -2.55. The Morgan fingerprint density at radius 2 is 1.93 bits per heavy atom. The minimum Gasteiger partial charge on any atom is -0.469 e. The van der Waals surface area contributed by atoms with E-state index >= 15 is 0 Å². The number of esters is 1. The van der Waals surface area contributed by atoms with Gasteiger partial charge in [0, 0.05) is 21.8 Å². The van der Waals surface area contributed by atoms with Gasteiger partial charge in [-0.3, -0.25) is 4.79 Å². The quantitative estimate of drug-likeness (QED) is 0.615. The molecule has 2 aliphatic carbocycles. The summed E-state index contributed by atoms with van der Waals surface area (Å²) in [5.74, 6) is -0.223. The second-order valence-corrected chi connectivity index (χ2v) is 9.06. The maximum atomic E-state index is 12.8. The zero-order valence-electron chi connectivity index (χ0n) is 16.7. The molecule has 5 rings (SSSR count). The fourth-order valence-electron chi connectivity index (χ4n) is 6.22. The van der Waals surface area contributed by atoms with E-state index in [9.17, 15) is 9.90 Å². The number of hydrogen-bond donors (Lipinski definition) is 2. The molecule has 0 aliphatic heterocycles. The van der Waals surface area contributed by atoms with Crippen LogP contribution in [0.5, 0.6) is 0 Å². The number of hydrogen-bond acceptors (Lipinski definition) is 3. The molecule has 2 N–H and O–H groups in total. The van der Waals surface area contributed by atoms with Gasteiger partial charge in [0.25, 0.3) is 0 Å². The molecule has 1 fully saturated rings. The molecule has 146 valence electrons. The number of aromatic amines is 1. The highest BCUT2D eigenvalue weighted by Crippen LogP contribution is 2.58. The molecular weight excluding hydrogens is 350 g/mol. The minimum atomic E-state index is -0.866. The van der Waals surface area contributed by atoms with Crippen LogP contribution < -0.4 is 0 Å². The Balaban J connectivity index is 1.73. The van der Waals surface area contributed by atoms with Gasteiger partial charge in [-0.05, 0) is 73.3 Å². The molecule has 1 saturated carbocycles. The monoisotopic (exact) mass is 377 g/mol. The Bertz CT molecular complexity index is 1100. The zero-order chi connectivity index (χ0) is 19.7. The lowest BCUT2D eigenvalue weighted by atomic mass is 9.49. The number of aryl methyl sites for hydroxylation is 1. The van der Waals surface area contributed by atoms with Crippen molar-refractivity contribution in [3.05, 3.63) is 47.5 Å². The van der Waals surface area contributed by atoms with E-state index < -0.39 is 11.5 Å². The average molecular weight is 377 g/mol. The maximum Gasteiger partial charge on any atom is 0.314 e. The van der Waals surface area contributed by atoms with Gasteiger partial charge >= 0.3 is 5.97 Å². The minimum absolute atomic E-state index is 0.0614. The number of aromatic nitrogens is 1. The van der Waals surface area contributed by atoms with Gasteiger partial charge in [-0.25, -0.2) is 0 Å². The molecule has 2 unspecified atom stereocenters. The van der Waals surface area contributed by atoms with Crippen LogP contribution in [0, 0.1) is 11.3 Å². The summed E-state index contributed by atoms with van der Waals surface area (Å²) < 4.78 is 5.16. The van der Waals surface area contributed by atoms with E-state index in [0.717, 1.165) is 24.8 Å². The van der Waals surface area contributed by atoms with Crippen LogP contribution in [0.3, 0.4) is 0 Å². The number of methoxy groups -OCH3 is 1. The second-order valence-electron chi connectivity index (χ2n) is 9.06. The molecule has 1 aromatic heterocycles. The van der Waals surface area contributed by atoms with Crippen LogP contribution in [0.1, 0.15) is 44.2 Å². The number of ether oxygens (including phenoxy) is 1. The van der Waals surface area contributed by atoms with E-state index in [-0.39, 0.29) is 17.3 Å².